The van der Waals surface area contributed by atoms with E-state index in [1.807, 2.05) is 0 Å². The van der Waals surface area contributed by atoms with Crippen LogP contribution in [0.3, 0.4) is 0 Å². The van der Waals surface area contributed by atoms with Crippen molar-refractivity contribution in [1.82, 2.24) is 0 Å². The highest BCUT2D eigenvalue weighted by molar-refractivity contribution is 5.09. The first kappa shape index (κ1) is 10.1. The Hall–Kier alpha value is -0.0800. The smallest absolute Gasteiger partial charge is 0.0921 e. The average molecular weight is 210 g/mol. The predicted molar refractivity (Wildman–Crippen MR) is 58.5 cm³/mol. The molecule has 1 N–H and O–H groups in total. The summed E-state index contributed by atoms with van der Waals surface area (Å²) in [5, 5.41) is 10.1. The van der Waals surface area contributed by atoms with Crippen LogP contribution < -0.4 is 0 Å². The molecule has 0 bridgehead atoms. The number of aliphatic hydroxyl groups excluding tert-OH is 1. The van der Waals surface area contributed by atoms with Crippen LogP contribution >= 0.6 is 0 Å². The van der Waals surface area contributed by atoms with Gasteiger partial charge in [-0.1, -0.05) is 13.3 Å². The molecule has 3 rings (SSSR count). The van der Waals surface area contributed by atoms with E-state index in [1.54, 1.807) is 0 Å². The molecule has 2 aliphatic carbocycles. The number of ether oxygens (including phenoxy) is 1. The standard InChI is InChI=1S/C13H22O2/c1-12-7-3-4-10(14)9(12)5-6-11(12)13(2)8-15-13/h9-11,14H,3-8H2,1-2H3/t9?,10?,11-,12?,13?/m0/s1. The molecule has 0 aromatic heterocycles. The maximum atomic E-state index is 10.1. The third-order valence-corrected chi connectivity index (χ3v) is 5.43. The molecule has 3 aliphatic rings. The van der Waals surface area contributed by atoms with Crippen molar-refractivity contribution in [3.05, 3.63) is 0 Å². The van der Waals surface area contributed by atoms with Crippen molar-refractivity contribution in [2.45, 2.75) is 57.7 Å². The van der Waals surface area contributed by atoms with Crippen LogP contribution in [0, 0.1) is 17.3 Å². The van der Waals surface area contributed by atoms with Crippen LogP contribution in [0.1, 0.15) is 46.0 Å². The Bertz CT molecular complexity index is 272. The molecule has 0 amide bonds. The van der Waals surface area contributed by atoms with Gasteiger partial charge in [-0.2, -0.15) is 0 Å². The van der Waals surface area contributed by atoms with Crippen molar-refractivity contribution in [3.63, 3.8) is 0 Å². The van der Waals surface area contributed by atoms with Crippen LogP contribution in [-0.4, -0.2) is 23.4 Å². The van der Waals surface area contributed by atoms with Gasteiger partial charge >= 0.3 is 0 Å². The Labute approximate surface area is 92.0 Å². The van der Waals surface area contributed by atoms with Gasteiger partial charge in [-0.3, -0.25) is 0 Å². The van der Waals surface area contributed by atoms with E-state index in [2.05, 4.69) is 13.8 Å². The highest BCUT2D eigenvalue weighted by Gasteiger charge is 2.61. The molecule has 0 aromatic rings. The molecule has 4 unspecified atom stereocenters. The number of aliphatic hydroxyl groups is 1. The summed E-state index contributed by atoms with van der Waals surface area (Å²) in [6.07, 6.45) is 5.93. The number of fused-ring (bicyclic) bond motifs is 1. The molecule has 5 atom stereocenters. The molecule has 0 spiro atoms. The molecule has 0 aromatic carbocycles. The van der Waals surface area contributed by atoms with Crippen molar-refractivity contribution < 1.29 is 9.84 Å². The summed E-state index contributed by atoms with van der Waals surface area (Å²) >= 11 is 0. The molecule has 2 saturated carbocycles. The van der Waals surface area contributed by atoms with E-state index in [4.69, 9.17) is 4.74 Å². The van der Waals surface area contributed by atoms with Crippen LogP contribution in [-0.2, 0) is 4.74 Å². The quantitative estimate of drug-likeness (QED) is 0.674. The summed E-state index contributed by atoms with van der Waals surface area (Å²) in [5.74, 6) is 1.22. The lowest BCUT2D eigenvalue weighted by Crippen LogP contribution is -2.43. The van der Waals surface area contributed by atoms with Gasteiger partial charge in [0.1, 0.15) is 0 Å². The van der Waals surface area contributed by atoms with E-state index in [-0.39, 0.29) is 11.7 Å². The maximum absolute atomic E-state index is 10.1. The van der Waals surface area contributed by atoms with Crippen molar-refractivity contribution in [1.29, 1.82) is 0 Å². The molecule has 1 heterocycles. The van der Waals surface area contributed by atoms with Crippen molar-refractivity contribution >= 4 is 0 Å². The molecule has 15 heavy (non-hydrogen) atoms. The average Bonchev–Trinajstić information content (AvgIpc) is 2.78. The lowest BCUT2D eigenvalue weighted by atomic mass is 9.62. The Balaban J connectivity index is 1.88. The number of epoxide rings is 1. The minimum atomic E-state index is -0.0453. The fraction of sp³-hybridized carbons (Fsp3) is 1.00. The molecule has 1 aliphatic heterocycles. The van der Waals surface area contributed by atoms with Gasteiger partial charge in [0.25, 0.3) is 0 Å². The summed E-state index contributed by atoms with van der Waals surface area (Å²) in [6.45, 7) is 5.59. The van der Waals surface area contributed by atoms with Crippen LogP contribution in [0.15, 0.2) is 0 Å². The first-order valence-electron chi connectivity index (χ1n) is 6.38. The van der Waals surface area contributed by atoms with Crippen molar-refractivity contribution in [3.8, 4) is 0 Å². The van der Waals surface area contributed by atoms with Crippen LogP contribution in [0.4, 0.5) is 0 Å². The minimum absolute atomic E-state index is 0.0453. The zero-order valence-corrected chi connectivity index (χ0v) is 9.83. The SMILES string of the molecule is CC1([C@H]2CCC3C(O)CCCC32C)CO1. The Morgan fingerprint density at radius 1 is 1.20 bits per heavy atom. The van der Waals surface area contributed by atoms with Crippen molar-refractivity contribution in [2.24, 2.45) is 17.3 Å². The molecule has 3 fully saturated rings. The molecule has 2 nitrogen and oxygen atoms in total. The van der Waals surface area contributed by atoms with Gasteiger partial charge in [-0.05, 0) is 49.9 Å². The van der Waals surface area contributed by atoms with E-state index >= 15 is 0 Å². The molecule has 0 radical (unpaired) electrons. The lowest BCUT2D eigenvalue weighted by Gasteiger charge is -2.44. The number of hydrogen-bond donors (Lipinski definition) is 1. The van der Waals surface area contributed by atoms with Gasteiger partial charge in [-0.25, -0.2) is 0 Å². The molecular weight excluding hydrogens is 188 g/mol. The normalized spacial score (nSPS) is 59.0. The topological polar surface area (TPSA) is 32.8 Å². The minimum Gasteiger partial charge on any atom is -0.393 e. The number of rotatable bonds is 1. The monoisotopic (exact) mass is 210 g/mol. The maximum Gasteiger partial charge on any atom is 0.0921 e. The van der Waals surface area contributed by atoms with E-state index in [9.17, 15) is 5.11 Å². The summed E-state index contributed by atoms with van der Waals surface area (Å²) in [5.41, 5.74) is 0.503. The lowest BCUT2D eigenvalue weighted by molar-refractivity contribution is -0.0313. The van der Waals surface area contributed by atoms with E-state index in [0.717, 1.165) is 13.0 Å². The van der Waals surface area contributed by atoms with Gasteiger partial charge < -0.3 is 9.84 Å². The highest BCUT2D eigenvalue weighted by atomic mass is 16.6. The predicted octanol–water partition coefficient (Wildman–Crippen LogP) is 2.35. The summed E-state index contributed by atoms with van der Waals surface area (Å²) in [4.78, 5) is 0. The molecule has 1 saturated heterocycles. The molecular formula is C13H22O2. The second kappa shape index (κ2) is 2.98. The molecule has 86 valence electrons. The van der Waals surface area contributed by atoms with Gasteiger partial charge in [0.05, 0.1) is 18.3 Å². The van der Waals surface area contributed by atoms with Gasteiger partial charge in [0.15, 0.2) is 0 Å². The largest absolute Gasteiger partial charge is 0.393 e. The first-order valence-corrected chi connectivity index (χ1v) is 6.38. The Morgan fingerprint density at radius 3 is 2.60 bits per heavy atom. The zero-order valence-electron chi connectivity index (χ0n) is 9.83. The van der Waals surface area contributed by atoms with Gasteiger partial charge in [0.2, 0.25) is 0 Å². The fourth-order valence-electron chi connectivity index (χ4n) is 4.47. The zero-order chi connectivity index (χ0) is 10.7. The third-order valence-electron chi connectivity index (χ3n) is 5.43. The van der Waals surface area contributed by atoms with E-state index < -0.39 is 0 Å². The highest BCUT2D eigenvalue weighted by Crippen LogP contribution is 2.61. The van der Waals surface area contributed by atoms with Crippen molar-refractivity contribution in [2.75, 3.05) is 6.61 Å². The van der Waals surface area contributed by atoms with Crippen LogP contribution in [0.25, 0.3) is 0 Å². The third kappa shape index (κ3) is 1.31. The van der Waals surface area contributed by atoms with E-state index in [1.165, 1.54) is 25.7 Å². The Morgan fingerprint density at radius 2 is 1.93 bits per heavy atom. The second-order valence-corrected chi connectivity index (χ2v) is 6.30. The summed E-state index contributed by atoms with van der Waals surface area (Å²) < 4.78 is 5.65. The van der Waals surface area contributed by atoms with Gasteiger partial charge in [-0.15, -0.1) is 0 Å². The van der Waals surface area contributed by atoms with Crippen LogP contribution in [0.2, 0.25) is 0 Å². The van der Waals surface area contributed by atoms with Gasteiger partial charge in [0, 0.05) is 0 Å². The van der Waals surface area contributed by atoms with Crippen LogP contribution in [0.5, 0.6) is 0 Å². The second-order valence-electron chi connectivity index (χ2n) is 6.30. The first-order chi connectivity index (χ1) is 7.06. The summed E-state index contributed by atoms with van der Waals surface area (Å²) in [7, 11) is 0. The summed E-state index contributed by atoms with van der Waals surface area (Å²) in [6, 6.07) is 0. The number of hydrogen-bond acceptors (Lipinski definition) is 2. The Kier molecular flexibility index (Phi) is 2.01. The van der Waals surface area contributed by atoms with E-state index in [0.29, 0.717) is 17.3 Å². The fourth-order valence-corrected chi connectivity index (χ4v) is 4.47. The molecule has 2 heteroatoms.